The number of thioether (sulfide) groups is 1. The summed E-state index contributed by atoms with van der Waals surface area (Å²) in [4.78, 5) is 8.56. The topological polar surface area (TPSA) is 87.1 Å². The molecule has 0 aliphatic carbocycles. The number of hydrogen-bond donors (Lipinski definition) is 1. The first-order valence-corrected chi connectivity index (χ1v) is 7.20. The van der Waals surface area contributed by atoms with Crippen LogP contribution in [-0.4, -0.2) is 21.6 Å². The number of benzene rings is 1. The third-order valence-electron chi connectivity index (χ3n) is 2.49. The summed E-state index contributed by atoms with van der Waals surface area (Å²) in [5.74, 6) is 1.18. The second kappa shape index (κ2) is 6.73. The highest BCUT2D eigenvalue weighted by molar-refractivity contribution is 8.13. The molecule has 0 bridgehead atoms. The lowest BCUT2D eigenvalue weighted by atomic mass is 10.2. The van der Waals surface area contributed by atoms with Gasteiger partial charge in [0.25, 0.3) is 5.89 Å². The van der Waals surface area contributed by atoms with E-state index in [1.165, 1.54) is 11.8 Å². The van der Waals surface area contributed by atoms with Gasteiger partial charge < -0.3 is 4.52 Å². The Labute approximate surface area is 120 Å². The van der Waals surface area contributed by atoms with E-state index >= 15 is 0 Å². The number of aliphatic imine (C=N–C) groups is 1. The summed E-state index contributed by atoms with van der Waals surface area (Å²) < 4.78 is 5.17. The van der Waals surface area contributed by atoms with Crippen molar-refractivity contribution in [2.24, 2.45) is 4.99 Å². The number of amidine groups is 1. The molecule has 7 heteroatoms. The van der Waals surface area contributed by atoms with E-state index < -0.39 is 0 Å². The lowest BCUT2D eigenvalue weighted by molar-refractivity contribution is 0.423. The van der Waals surface area contributed by atoms with Crippen LogP contribution < -0.4 is 5.32 Å². The molecule has 0 atom stereocenters. The SMILES string of the molecule is CCc1noc(-c2ccc(N=C(NC#N)SC)cc2)n1. The van der Waals surface area contributed by atoms with Crippen LogP contribution in [0.3, 0.4) is 0 Å². The van der Waals surface area contributed by atoms with Gasteiger partial charge in [0.1, 0.15) is 0 Å². The minimum absolute atomic E-state index is 0.498. The van der Waals surface area contributed by atoms with Gasteiger partial charge in [-0.15, -0.1) is 0 Å². The largest absolute Gasteiger partial charge is 0.334 e. The Morgan fingerprint density at radius 1 is 1.45 bits per heavy atom. The van der Waals surface area contributed by atoms with Crippen LogP contribution in [0.2, 0.25) is 0 Å². The van der Waals surface area contributed by atoms with Crippen LogP contribution in [0.4, 0.5) is 5.69 Å². The molecule has 0 aliphatic heterocycles. The van der Waals surface area contributed by atoms with E-state index in [0.29, 0.717) is 16.9 Å². The van der Waals surface area contributed by atoms with E-state index in [1.54, 1.807) is 0 Å². The molecule has 0 saturated carbocycles. The lowest BCUT2D eigenvalue weighted by Crippen LogP contribution is -2.12. The predicted molar refractivity (Wildman–Crippen MR) is 78.5 cm³/mol. The fourth-order valence-electron chi connectivity index (χ4n) is 1.48. The zero-order valence-corrected chi connectivity index (χ0v) is 11.9. The number of nitrogens with zero attached hydrogens (tertiary/aromatic N) is 4. The average molecular weight is 287 g/mol. The quantitative estimate of drug-likeness (QED) is 0.404. The van der Waals surface area contributed by atoms with Crippen LogP contribution >= 0.6 is 11.8 Å². The van der Waals surface area contributed by atoms with Crippen LogP contribution in [-0.2, 0) is 6.42 Å². The van der Waals surface area contributed by atoms with Gasteiger partial charge in [-0.05, 0) is 30.5 Å². The summed E-state index contributed by atoms with van der Waals surface area (Å²) in [6, 6.07) is 7.38. The minimum atomic E-state index is 0.498. The van der Waals surface area contributed by atoms with Gasteiger partial charge in [0.05, 0.1) is 5.69 Å². The van der Waals surface area contributed by atoms with E-state index in [1.807, 2.05) is 43.6 Å². The first-order valence-electron chi connectivity index (χ1n) is 5.97. The van der Waals surface area contributed by atoms with Crippen molar-refractivity contribution in [1.82, 2.24) is 15.5 Å². The van der Waals surface area contributed by atoms with E-state index in [2.05, 4.69) is 20.4 Å². The summed E-state index contributed by atoms with van der Waals surface area (Å²) in [5, 5.41) is 15.5. The van der Waals surface area contributed by atoms with Crippen molar-refractivity contribution < 1.29 is 4.52 Å². The number of nitrogens with one attached hydrogen (secondary N) is 1. The van der Waals surface area contributed by atoms with Crippen molar-refractivity contribution in [3.05, 3.63) is 30.1 Å². The molecule has 0 amide bonds. The van der Waals surface area contributed by atoms with E-state index in [-0.39, 0.29) is 0 Å². The Bertz CT molecular complexity index is 642. The zero-order valence-electron chi connectivity index (χ0n) is 11.1. The van der Waals surface area contributed by atoms with Crippen molar-refractivity contribution in [2.45, 2.75) is 13.3 Å². The monoisotopic (exact) mass is 287 g/mol. The Morgan fingerprint density at radius 2 is 2.20 bits per heavy atom. The highest BCUT2D eigenvalue weighted by Gasteiger charge is 2.07. The maximum absolute atomic E-state index is 8.58. The zero-order chi connectivity index (χ0) is 14.4. The van der Waals surface area contributed by atoms with Crippen molar-refractivity contribution in [3.8, 4) is 17.6 Å². The van der Waals surface area contributed by atoms with E-state index in [4.69, 9.17) is 9.78 Å². The molecular weight excluding hydrogens is 274 g/mol. The predicted octanol–water partition coefficient (Wildman–Crippen LogP) is 2.72. The van der Waals surface area contributed by atoms with Crippen molar-refractivity contribution in [2.75, 3.05) is 6.26 Å². The first kappa shape index (κ1) is 14.1. The molecule has 1 heterocycles. The number of nitriles is 1. The number of hydrogen-bond acceptors (Lipinski definition) is 6. The molecule has 20 heavy (non-hydrogen) atoms. The van der Waals surface area contributed by atoms with E-state index in [0.717, 1.165) is 17.7 Å². The lowest BCUT2D eigenvalue weighted by Gasteiger charge is -2.00. The molecule has 0 saturated heterocycles. The molecule has 0 spiro atoms. The van der Waals surface area contributed by atoms with E-state index in [9.17, 15) is 0 Å². The Hall–Kier alpha value is -2.33. The Kier molecular flexibility index (Phi) is 4.74. The Balaban J connectivity index is 2.20. The van der Waals surface area contributed by atoms with Crippen LogP contribution in [0.1, 0.15) is 12.7 Å². The molecule has 0 aliphatic rings. The highest BCUT2D eigenvalue weighted by atomic mass is 32.2. The van der Waals surface area contributed by atoms with Gasteiger partial charge in [-0.25, -0.2) is 4.99 Å². The fourth-order valence-corrected chi connectivity index (χ4v) is 1.83. The van der Waals surface area contributed by atoms with Gasteiger partial charge >= 0.3 is 0 Å². The summed E-state index contributed by atoms with van der Waals surface area (Å²) in [6.07, 6.45) is 4.44. The summed E-state index contributed by atoms with van der Waals surface area (Å²) in [7, 11) is 0. The molecule has 2 rings (SSSR count). The molecule has 1 aromatic carbocycles. The third kappa shape index (κ3) is 3.36. The first-order chi connectivity index (χ1) is 9.76. The molecule has 0 unspecified atom stereocenters. The van der Waals surface area contributed by atoms with Gasteiger partial charge in [0, 0.05) is 12.0 Å². The standard InChI is InChI=1S/C13H13N5OS/c1-3-11-17-12(19-18-11)9-4-6-10(7-5-9)16-13(20-2)15-8-14/h4-7H,3H2,1-2H3,(H,15,16). The van der Waals surface area contributed by atoms with Gasteiger partial charge in [0.2, 0.25) is 0 Å². The summed E-state index contributed by atoms with van der Waals surface area (Å²) >= 11 is 1.37. The molecule has 0 fully saturated rings. The maximum atomic E-state index is 8.58. The number of aromatic nitrogens is 2. The second-order valence-corrected chi connectivity index (χ2v) is 4.57. The molecule has 0 radical (unpaired) electrons. The number of rotatable bonds is 3. The molecule has 1 N–H and O–H groups in total. The fraction of sp³-hybridized carbons (Fsp3) is 0.231. The van der Waals surface area contributed by atoms with Crippen molar-refractivity contribution in [3.63, 3.8) is 0 Å². The normalized spacial score (nSPS) is 11.2. The van der Waals surface area contributed by atoms with Gasteiger partial charge in [-0.2, -0.15) is 10.2 Å². The van der Waals surface area contributed by atoms with Crippen LogP contribution in [0, 0.1) is 11.5 Å². The van der Waals surface area contributed by atoms with Crippen molar-refractivity contribution >= 4 is 22.6 Å². The van der Waals surface area contributed by atoms with Crippen LogP contribution in [0.15, 0.2) is 33.8 Å². The van der Waals surface area contributed by atoms with Crippen molar-refractivity contribution in [1.29, 1.82) is 5.26 Å². The summed E-state index contributed by atoms with van der Waals surface area (Å²) in [5.41, 5.74) is 1.59. The smallest absolute Gasteiger partial charge is 0.257 e. The average Bonchev–Trinajstić information content (AvgIpc) is 2.96. The second-order valence-electron chi connectivity index (χ2n) is 3.77. The molecule has 6 nitrogen and oxygen atoms in total. The number of aryl methyl sites for hydroxylation is 1. The van der Waals surface area contributed by atoms with Crippen LogP contribution in [0.5, 0.6) is 0 Å². The van der Waals surface area contributed by atoms with Gasteiger partial charge in [-0.3, -0.25) is 5.32 Å². The van der Waals surface area contributed by atoms with Gasteiger partial charge in [0.15, 0.2) is 17.2 Å². The molecule has 102 valence electrons. The summed E-state index contributed by atoms with van der Waals surface area (Å²) in [6.45, 7) is 1.97. The van der Waals surface area contributed by atoms with Gasteiger partial charge in [-0.1, -0.05) is 23.8 Å². The van der Waals surface area contributed by atoms with Crippen LogP contribution in [0.25, 0.3) is 11.5 Å². The molecular formula is C13H13N5OS. The minimum Gasteiger partial charge on any atom is -0.334 e. The molecule has 1 aromatic heterocycles. The third-order valence-corrected chi connectivity index (χ3v) is 3.07. The highest BCUT2D eigenvalue weighted by Crippen LogP contribution is 2.21. The maximum Gasteiger partial charge on any atom is 0.257 e. The molecule has 2 aromatic rings. The Morgan fingerprint density at radius 3 is 2.75 bits per heavy atom.